The van der Waals surface area contributed by atoms with Gasteiger partial charge in [-0.25, -0.2) is 0 Å². The highest BCUT2D eigenvalue weighted by Crippen LogP contribution is 2.23. The van der Waals surface area contributed by atoms with Crippen LogP contribution in [0.4, 0.5) is 0 Å². The summed E-state index contributed by atoms with van der Waals surface area (Å²) in [7, 11) is 0. The van der Waals surface area contributed by atoms with Gasteiger partial charge >= 0.3 is 0 Å². The van der Waals surface area contributed by atoms with Gasteiger partial charge in [0.25, 0.3) is 0 Å². The van der Waals surface area contributed by atoms with Gasteiger partial charge in [0.15, 0.2) is 0 Å². The molecule has 0 amide bonds. The van der Waals surface area contributed by atoms with Gasteiger partial charge in [-0.3, -0.25) is 0 Å². The fraction of sp³-hybridized carbons (Fsp3) is 0.250. The average molecular weight is 257 g/mol. The van der Waals surface area contributed by atoms with Crippen molar-refractivity contribution in [3.8, 4) is 17.2 Å². The Hall–Kier alpha value is -2.00. The summed E-state index contributed by atoms with van der Waals surface area (Å²) in [5, 5.41) is 0. The molecule has 1 atom stereocenters. The van der Waals surface area contributed by atoms with E-state index in [9.17, 15) is 0 Å². The van der Waals surface area contributed by atoms with E-state index in [1.54, 1.807) is 0 Å². The summed E-state index contributed by atoms with van der Waals surface area (Å²) >= 11 is 0. The molecule has 0 aliphatic heterocycles. The van der Waals surface area contributed by atoms with Crippen molar-refractivity contribution >= 4 is 0 Å². The third-order valence-electron chi connectivity index (χ3n) is 2.79. The number of rotatable bonds is 6. The minimum Gasteiger partial charge on any atom is -0.492 e. The zero-order valence-electron chi connectivity index (χ0n) is 11.1. The molecule has 0 bridgehead atoms. The maximum absolute atomic E-state index is 5.80. The molecule has 0 aliphatic carbocycles. The Bertz CT molecular complexity index is 482. The topological polar surface area (TPSA) is 44.5 Å². The van der Waals surface area contributed by atoms with Crippen LogP contribution >= 0.6 is 0 Å². The van der Waals surface area contributed by atoms with Gasteiger partial charge in [-0.05, 0) is 42.8 Å². The predicted molar refractivity (Wildman–Crippen MR) is 76.7 cm³/mol. The summed E-state index contributed by atoms with van der Waals surface area (Å²) in [6.45, 7) is 2.58. The molecule has 3 heteroatoms. The van der Waals surface area contributed by atoms with Crippen LogP contribution in [0.5, 0.6) is 17.2 Å². The molecule has 0 heterocycles. The smallest absolute Gasteiger partial charge is 0.127 e. The van der Waals surface area contributed by atoms with Gasteiger partial charge in [0.05, 0.1) is 0 Å². The van der Waals surface area contributed by atoms with Crippen molar-refractivity contribution in [2.45, 2.75) is 19.4 Å². The molecule has 0 saturated carbocycles. The number of ether oxygens (including phenoxy) is 2. The van der Waals surface area contributed by atoms with Crippen molar-refractivity contribution < 1.29 is 9.47 Å². The van der Waals surface area contributed by atoms with Crippen molar-refractivity contribution in [2.24, 2.45) is 5.73 Å². The molecule has 0 aromatic heterocycles. The molecule has 0 fully saturated rings. The van der Waals surface area contributed by atoms with Crippen molar-refractivity contribution in [1.82, 2.24) is 0 Å². The number of para-hydroxylation sites is 1. The third kappa shape index (κ3) is 4.30. The molecule has 3 nitrogen and oxygen atoms in total. The van der Waals surface area contributed by atoms with Gasteiger partial charge < -0.3 is 15.2 Å². The van der Waals surface area contributed by atoms with Crippen LogP contribution in [0.15, 0.2) is 54.6 Å². The van der Waals surface area contributed by atoms with Crippen LogP contribution in [0.1, 0.15) is 13.3 Å². The molecule has 2 N–H and O–H groups in total. The van der Waals surface area contributed by atoms with Gasteiger partial charge in [0.2, 0.25) is 0 Å². The van der Waals surface area contributed by atoms with Gasteiger partial charge in [0, 0.05) is 6.04 Å². The molecule has 2 rings (SSSR count). The second kappa shape index (κ2) is 6.81. The first kappa shape index (κ1) is 13.4. The van der Waals surface area contributed by atoms with E-state index in [1.165, 1.54) is 0 Å². The molecule has 19 heavy (non-hydrogen) atoms. The quantitative estimate of drug-likeness (QED) is 0.860. The van der Waals surface area contributed by atoms with Crippen LogP contribution in [0, 0.1) is 0 Å². The summed E-state index contributed by atoms with van der Waals surface area (Å²) in [5.74, 6) is 2.42. The number of hydrogen-bond donors (Lipinski definition) is 1. The average Bonchev–Trinajstić information content (AvgIpc) is 2.47. The lowest BCUT2D eigenvalue weighted by Crippen LogP contribution is -2.26. The molecule has 2 aromatic rings. The van der Waals surface area contributed by atoms with E-state index < -0.39 is 0 Å². The standard InChI is InChI=1S/C16H19NO2/c1-2-13(17)12-18-14-8-10-16(11-9-14)19-15-6-4-3-5-7-15/h3-11,13H,2,12,17H2,1H3. The maximum Gasteiger partial charge on any atom is 0.127 e. The van der Waals surface area contributed by atoms with Crippen LogP contribution in [-0.2, 0) is 0 Å². The lowest BCUT2D eigenvalue weighted by molar-refractivity contribution is 0.285. The number of hydrogen-bond acceptors (Lipinski definition) is 3. The van der Waals surface area contributed by atoms with Crippen molar-refractivity contribution in [2.75, 3.05) is 6.61 Å². The van der Waals surface area contributed by atoms with Gasteiger partial charge in [-0.2, -0.15) is 0 Å². The Balaban J connectivity index is 1.91. The zero-order valence-corrected chi connectivity index (χ0v) is 11.1. The first-order chi connectivity index (χ1) is 9.28. The second-order valence-corrected chi connectivity index (χ2v) is 4.37. The van der Waals surface area contributed by atoms with E-state index in [4.69, 9.17) is 15.2 Å². The van der Waals surface area contributed by atoms with E-state index in [0.29, 0.717) is 6.61 Å². The van der Waals surface area contributed by atoms with Crippen LogP contribution in [0.3, 0.4) is 0 Å². The molecular formula is C16H19NO2. The Morgan fingerprint density at radius 2 is 1.47 bits per heavy atom. The van der Waals surface area contributed by atoms with Crippen LogP contribution < -0.4 is 15.2 Å². The molecular weight excluding hydrogens is 238 g/mol. The van der Waals surface area contributed by atoms with Crippen molar-refractivity contribution in [1.29, 1.82) is 0 Å². The predicted octanol–water partition coefficient (Wildman–Crippen LogP) is 3.60. The van der Waals surface area contributed by atoms with Crippen LogP contribution in [-0.4, -0.2) is 12.6 Å². The molecule has 0 radical (unpaired) electrons. The molecule has 0 saturated heterocycles. The summed E-state index contributed by atoms with van der Waals surface area (Å²) < 4.78 is 11.3. The highest BCUT2D eigenvalue weighted by atomic mass is 16.5. The van der Waals surface area contributed by atoms with E-state index in [0.717, 1.165) is 23.7 Å². The van der Waals surface area contributed by atoms with Crippen molar-refractivity contribution in [3.63, 3.8) is 0 Å². The summed E-state index contributed by atoms with van der Waals surface area (Å²) in [6, 6.07) is 17.3. The molecule has 1 unspecified atom stereocenters. The lowest BCUT2D eigenvalue weighted by Gasteiger charge is -2.11. The minimum absolute atomic E-state index is 0.0836. The van der Waals surface area contributed by atoms with E-state index in [-0.39, 0.29) is 6.04 Å². The maximum atomic E-state index is 5.80. The number of nitrogens with two attached hydrogens (primary N) is 1. The van der Waals surface area contributed by atoms with E-state index in [2.05, 4.69) is 0 Å². The largest absolute Gasteiger partial charge is 0.492 e. The first-order valence-electron chi connectivity index (χ1n) is 6.49. The summed E-state index contributed by atoms with van der Waals surface area (Å²) in [6.07, 6.45) is 0.912. The Morgan fingerprint density at radius 1 is 0.895 bits per heavy atom. The molecule has 2 aromatic carbocycles. The lowest BCUT2D eigenvalue weighted by atomic mass is 10.2. The third-order valence-corrected chi connectivity index (χ3v) is 2.79. The fourth-order valence-electron chi connectivity index (χ4n) is 1.55. The molecule has 0 aliphatic rings. The fourth-order valence-corrected chi connectivity index (χ4v) is 1.55. The van der Waals surface area contributed by atoms with Gasteiger partial charge in [-0.15, -0.1) is 0 Å². The molecule has 100 valence electrons. The number of benzene rings is 2. The monoisotopic (exact) mass is 257 g/mol. The van der Waals surface area contributed by atoms with E-state index in [1.807, 2.05) is 61.5 Å². The van der Waals surface area contributed by atoms with Crippen LogP contribution in [0.2, 0.25) is 0 Å². The Labute approximate surface area is 114 Å². The van der Waals surface area contributed by atoms with Crippen LogP contribution in [0.25, 0.3) is 0 Å². The minimum atomic E-state index is 0.0836. The van der Waals surface area contributed by atoms with Gasteiger partial charge in [-0.1, -0.05) is 25.1 Å². The Morgan fingerprint density at radius 3 is 2.11 bits per heavy atom. The highest BCUT2D eigenvalue weighted by molar-refractivity contribution is 5.35. The van der Waals surface area contributed by atoms with Gasteiger partial charge in [0.1, 0.15) is 23.9 Å². The van der Waals surface area contributed by atoms with Crippen molar-refractivity contribution in [3.05, 3.63) is 54.6 Å². The Kier molecular flexibility index (Phi) is 4.81. The molecule has 0 spiro atoms. The highest BCUT2D eigenvalue weighted by Gasteiger charge is 2.01. The summed E-state index contributed by atoms with van der Waals surface area (Å²) in [5.41, 5.74) is 5.80. The summed E-state index contributed by atoms with van der Waals surface area (Å²) in [4.78, 5) is 0. The zero-order chi connectivity index (χ0) is 13.5. The van der Waals surface area contributed by atoms with E-state index >= 15 is 0 Å². The normalized spacial score (nSPS) is 11.9. The SMILES string of the molecule is CCC(N)COc1ccc(Oc2ccccc2)cc1. The first-order valence-corrected chi connectivity index (χ1v) is 6.49. The second-order valence-electron chi connectivity index (χ2n) is 4.37.